The second-order valence-electron chi connectivity index (χ2n) is 4.99. The number of nitrogens with one attached hydrogen (secondary N) is 1. The first-order valence-corrected chi connectivity index (χ1v) is 7.78. The van der Waals surface area contributed by atoms with Crippen LogP contribution in [0.5, 0.6) is 0 Å². The van der Waals surface area contributed by atoms with Crippen molar-refractivity contribution in [3.8, 4) is 0 Å². The van der Waals surface area contributed by atoms with Gasteiger partial charge in [0.2, 0.25) is 5.91 Å². The number of hydrogen-bond donors (Lipinski definition) is 1. The summed E-state index contributed by atoms with van der Waals surface area (Å²) in [5.41, 5.74) is 2.54. The maximum absolute atomic E-state index is 11.6. The van der Waals surface area contributed by atoms with Gasteiger partial charge in [0.15, 0.2) is 0 Å². The van der Waals surface area contributed by atoms with Crippen molar-refractivity contribution in [2.24, 2.45) is 0 Å². The van der Waals surface area contributed by atoms with E-state index in [9.17, 15) is 4.79 Å². The van der Waals surface area contributed by atoms with Gasteiger partial charge >= 0.3 is 0 Å². The molecule has 0 bridgehead atoms. The Morgan fingerprint density at radius 2 is 1.95 bits per heavy atom. The molecule has 1 rings (SSSR count). The van der Waals surface area contributed by atoms with Gasteiger partial charge < -0.3 is 10.2 Å². The summed E-state index contributed by atoms with van der Waals surface area (Å²) in [5, 5.41) is 2.95. The SMILES string of the molecule is Cc1ccc(CSCC(=O)NCCCN(C)C)cc1. The number of nitrogens with zero attached hydrogens (tertiary/aromatic N) is 1. The maximum Gasteiger partial charge on any atom is 0.230 e. The Morgan fingerprint density at radius 3 is 2.58 bits per heavy atom. The molecule has 1 aromatic rings. The first-order valence-electron chi connectivity index (χ1n) is 6.62. The van der Waals surface area contributed by atoms with Gasteiger partial charge in [-0.1, -0.05) is 29.8 Å². The van der Waals surface area contributed by atoms with Crippen molar-refractivity contribution in [1.82, 2.24) is 10.2 Å². The highest BCUT2D eigenvalue weighted by molar-refractivity contribution is 7.99. The smallest absolute Gasteiger partial charge is 0.230 e. The lowest BCUT2D eigenvalue weighted by Gasteiger charge is -2.09. The molecule has 1 N–H and O–H groups in total. The molecule has 0 saturated heterocycles. The molecule has 0 atom stereocenters. The van der Waals surface area contributed by atoms with Crippen LogP contribution in [0, 0.1) is 6.92 Å². The van der Waals surface area contributed by atoms with E-state index in [1.807, 2.05) is 14.1 Å². The molecule has 0 unspecified atom stereocenters. The lowest BCUT2D eigenvalue weighted by Crippen LogP contribution is -2.28. The van der Waals surface area contributed by atoms with Gasteiger partial charge in [-0.2, -0.15) is 0 Å². The number of rotatable bonds is 8. The number of thioether (sulfide) groups is 1. The van der Waals surface area contributed by atoms with E-state index in [0.717, 1.165) is 25.3 Å². The predicted octanol–water partition coefficient (Wildman–Crippen LogP) is 2.30. The number of aryl methyl sites for hydroxylation is 1. The quantitative estimate of drug-likeness (QED) is 0.742. The largest absolute Gasteiger partial charge is 0.355 e. The van der Waals surface area contributed by atoms with Crippen LogP contribution < -0.4 is 5.32 Å². The molecule has 0 saturated carbocycles. The van der Waals surface area contributed by atoms with E-state index < -0.39 is 0 Å². The van der Waals surface area contributed by atoms with Gasteiger partial charge in [-0.25, -0.2) is 0 Å². The van der Waals surface area contributed by atoms with Crippen molar-refractivity contribution in [2.45, 2.75) is 19.1 Å². The zero-order valence-corrected chi connectivity index (χ0v) is 12.9. The monoisotopic (exact) mass is 280 g/mol. The molecular weight excluding hydrogens is 256 g/mol. The van der Waals surface area contributed by atoms with Crippen molar-refractivity contribution < 1.29 is 4.79 Å². The van der Waals surface area contributed by atoms with Crippen LogP contribution in [0.3, 0.4) is 0 Å². The highest BCUT2D eigenvalue weighted by Gasteiger charge is 2.01. The van der Waals surface area contributed by atoms with E-state index >= 15 is 0 Å². The van der Waals surface area contributed by atoms with Gasteiger partial charge in [-0.15, -0.1) is 11.8 Å². The Labute approximate surface area is 120 Å². The molecule has 106 valence electrons. The summed E-state index contributed by atoms with van der Waals surface area (Å²) < 4.78 is 0. The fourth-order valence-electron chi connectivity index (χ4n) is 1.62. The fraction of sp³-hybridized carbons (Fsp3) is 0.533. The van der Waals surface area contributed by atoms with Crippen LogP contribution in [0.1, 0.15) is 17.5 Å². The summed E-state index contributed by atoms with van der Waals surface area (Å²) in [6, 6.07) is 8.46. The fourth-order valence-corrected chi connectivity index (χ4v) is 2.44. The third-order valence-corrected chi connectivity index (χ3v) is 3.73. The number of hydrogen-bond acceptors (Lipinski definition) is 3. The second kappa shape index (κ2) is 8.99. The van der Waals surface area contributed by atoms with Crippen molar-refractivity contribution in [3.05, 3.63) is 35.4 Å². The maximum atomic E-state index is 11.6. The molecule has 4 heteroatoms. The first kappa shape index (κ1) is 16.1. The van der Waals surface area contributed by atoms with Crippen LogP contribution in [0.2, 0.25) is 0 Å². The van der Waals surface area contributed by atoms with Gasteiger partial charge in [-0.05, 0) is 39.5 Å². The molecule has 0 fully saturated rings. The van der Waals surface area contributed by atoms with Crippen LogP contribution in [-0.2, 0) is 10.5 Å². The molecule has 1 aromatic carbocycles. The minimum Gasteiger partial charge on any atom is -0.355 e. The van der Waals surface area contributed by atoms with Gasteiger partial charge in [-0.3, -0.25) is 4.79 Å². The second-order valence-corrected chi connectivity index (χ2v) is 5.97. The molecule has 0 heterocycles. The summed E-state index contributed by atoms with van der Waals surface area (Å²) in [6.45, 7) is 3.86. The normalized spacial score (nSPS) is 10.7. The predicted molar refractivity (Wildman–Crippen MR) is 83.5 cm³/mol. The Morgan fingerprint density at radius 1 is 1.26 bits per heavy atom. The number of benzene rings is 1. The molecule has 0 aliphatic heterocycles. The molecule has 1 amide bonds. The van der Waals surface area contributed by atoms with E-state index in [1.54, 1.807) is 11.8 Å². The standard InChI is InChI=1S/C15H24N2OS/c1-13-5-7-14(8-6-13)11-19-12-15(18)16-9-4-10-17(2)3/h5-8H,4,9-12H2,1-3H3,(H,16,18). The molecule has 3 nitrogen and oxygen atoms in total. The number of amides is 1. The lowest BCUT2D eigenvalue weighted by atomic mass is 10.2. The van der Waals surface area contributed by atoms with E-state index in [0.29, 0.717) is 5.75 Å². The number of carbonyl (C=O) groups excluding carboxylic acids is 1. The van der Waals surface area contributed by atoms with E-state index in [4.69, 9.17) is 0 Å². The summed E-state index contributed by atoms with van der Waals surface area (Å²) in [6.07, 6.45) is 1.00. The van der Waals surface area contributed by atoms with Crippen molar-refractivity contribution in [1.29, 1.82) is 0 Å². The summed E-state index contributed by atoms with van der Waals surface area (Å²) in [4.78, 5) is 13.7. The zero-order chi connectivity index (χ0) is 14.1. The van der Waals surface area contributed by atoms with Crippen LogP contribution in [0.15, 0.2) is 24.3 Å². The minimum absolute atomic E-state index is 0.135. The zero-order valence-electron chi connectivity index (χ0n) is 12.1. The van der Waals surface area contributed by atoms with Crippen LogP contribution >= 0.6 is 11.8 Å². The van der Waals surface area contributed by atoms with Crippen molar-refractivity contribution in [3.63, 3.8) is 0 Å². The van der Waals surface area contributed by atoms with E-state index in [2.05, 4.69) is 41.4 Å². The molecule has 0 radical (unpaired) electrons. The Kier molecular flexibility index (Phi) is 7.60. The van der Waals surface area contributed by atoms with Gasteiger partial charge in [0.25, 0.3) is 0 Å². The van der Waals surface area contributed by atoms with Crippen molar-refractivity contribution in [2.75, 3.05) is 32.9 Å². The third kappa shape index (κ3) is 7.90. The van der Waals surface area contributed by atoms with E-state index in [-0.39, 0.29) is 5.91 Å². The Hall–Kier alpha value is -1.00. The van der Waals surface area contributed by atoms with Crippen LogP contribution in [0.4, 0.5) is 0 Å². The molecule has 19 heavy (non-hydrogen) atoms. The average Bonchev–Trinajstić information content (AvgIpc) is 2.37. The third-order valence-electron chi connectivity index (χ3n) is 2.73. The summed E-state index contributed by atoms with van der Waals surface area (Å²) >= 11 is 1.66. The highest BCUT2D eigenvalue weighted by atomic mass is 32.2. The molecular formula is C15H24N2OS. The Bertz CT molecular complexity index is 376. The highest BCUT2D eigenvalue weighted by Crippen LogP contribution is 2.12. The molecule has 0 spiro atoms. The van der Waals surface area contributed by atoms with Crippen LogP contribution in [-0.4, -0.2) is 43.7 Å². The number of carbonyl (C=O) groups is 1. The van der Waals surface area contributed by atoms with E-state index in [1.165, 1.54) is 11.1 Å². The summed E-state index contributed by atoms with van der Waals surface area (Å²) in [5.74, 6) is 1.57. The molecule has 0 aliphatic carbocycles. The topological polar surface area (TPSA) is 32.3 Å². The first-order chi connectivity index (χ1) is 9.08. The average molecular weight is 280 g/mol. The van der Waals surface area contributed by atoms with Gasteiger partial charge in [0.05, 0.1) is 5.75 Å². The lowest BCUT2D eigenvalue weighted by molar-refractivity contribution is -0.118. The molecule has 0 aromatic heterocycles. The van der Waals surface area contributed by atoms with Gasteiger partial charge in [0.1, 0.15) is 0 Å². The minimum atomic E-state index is 0.135. The van der Waals surface area contributed by atoms with Crippen molar-refractivity contribution >= 4 is 17.7 Å². The summed E-state index contributed by atoms with van der Waals surface area (Å²) in [7, 11) is 4.08. The Balaban J connectivity index is 2.08. The van der Waals surface area contributed by atoms with Gasteiger partial charge in [0, 0.05) is 12.3 Å². The molecule has 0 aliphatic rings. The van der Waals surface area contributed by atoms with Crippen LogP contribution in [0.25, 0.3) is 0 Å².